The van der Waals surface area contributed by atoms with Crippen molar-refractivity contribution < 1.29 is 32.3 Å². The minimum Gasteiger partial charge on any atom is -0.456 e. The molecule has 1 aromatic heterocycles. The van der Waals surface area contributed by atoms with E-state index in [4.69, 9.17) is 9.47 Å². The number of rotatable bonds is 9. The number of hydrogen-bond donors (Lipinski definition) is 1. The lowest BCUT2D eigenvalue weighted by Crippen LogP contribution is -2.36. The lowest BCUT2D eigenvalue weighted by Gasteiger charge is -2.31. The molecule has 0 bridgehead atoms. The fourth-order valence-corrected chi connectivity index (χ4v) is 6.17. The Bertz CT molecular complexity index is 1730. The predicted molar refractivity (Wildman–Crippen MR) is 164 cm³/mol. The van der Waals surface area contributed by atoms with E-state index in [9.17, 15) is 22.8 Å². The summed E-state index contributed by atoms with van der Waals surface area (Å²) >= 11 is 0. The predicted octanol–water partition coefficient (Wildman–Crippen LogP) is 5.26. The Hall–Kier alpha value is -4.90. The van der Waals surface area contributed by atoms with E-state index in [-0.39, 0.29) is 24.8 Å². The van der Waals surface area contributed by atoms with Crippen LogP contribution in [0.15, 0.2) is 97.2 Å². The molecule has 1 saturated heterocycles. The number of ether oxygens (including phenoxy) is 2. The van der Waals surface area contributed by atoms with Gasteiger partial charge in [-0.1, -0.05) is 72.8 Å². The average Bonchev–Trinajstić information content (AvgIpc) is 3.55. The van der Waals surface area contributed by atoms with Gasteiger partial charge in [-0.15, -0.1) is 0 Å². The Morgan fingerprint density at radius 2 is 1.48 bits per heavy atom. The second kappa shape index (κ2) is 13.6. The van der Waals surface area contributed by atoms with Crippen molar-refractivity contribution in [3.8, 4) is 11.1 Å². The Balaban J connectivity index is 1.17. The number of nitrogens with one attached hydrogen (secondary N) is 1. The van der Waals surface area contributed by atoms with Crippen LogP contribution in [0.3, 0.4) is 0 Å². The summed E-state index contributed by atoms with van der Waals surface area (Å²) in [7, 11) is -4.47. The smallest absolute Gasteiger partial charge is 0.422 e. The zero-order valence-electron chi connectivity index (χ0n) is 24.2. The molecule has 0 atom stereocenters. The molecule has 5 rings (SSSR count). The van der Waals surface area contributed by atoms with Gasteiger partial charge in [0.05, 0.1) is 0 Å². The fourth-order valence-electron chi connectivity index (χ4n) is 5.18. The standard InChI is InChI=1S/C33H33N3O7S/c1-24(37)35-19-16-29(17-20-35)27-12-14-28(15-13-27)30-10-5-9-26(21-30)23-42-32(38)31-11-6-18-36(31)44(40,41)34-33(39)43-22-25-7-3-2-4-8-25/h2-15,18,21,29H,16-17,19-20,22-23H2,1H3,(H,34,39). The van der Waals surface area contributed by atoms with Gasteiger partial charge >= 0.3 is 22.3 Å². The molecular weight excluding hydrogens is 582 g/mol. The third-order valence-corrected chi connectivity index (χ3v) is 8.82. The lowest BCUT2D eigenvalue weighted by molar-refractivity contribution is -0.129. The number of carbonyl (C=O) groups excluding carboxylic acids is 3. The van der Waals surface area contributed by atoms with E-state index >= 15 is 0 Å². The topological polar surface area (TPSA) is 124 Å². The van der Waals surface area contributed by atoms with Crippen LogP contribution in [0, 0.1) is 0 Å². The van der Waals surface area contributed by atoms with Crippen molar-refractivity contribution in [3.05, 3.63) is 120 Å². The normalized spacial score (nSPS) is 13.7. The van der Waals surface area contributed by atoms with E-state index in [1.54, 1.807) is 42.0 Å². The largest absolute Gasteiger partial charge is 0.456 e. The quantitative estimate of drug-likeness (QED) is 0.255. The van der Waals surface area contributed by atoms with Crippen LogP contribution in [0.4, 0.5) is 4.79 Å². The number of aromatic nitrogens is 1. The molecule has 228 valence electrons. The van der Waals surface area contributed by atoms with E-state index in [1.165, 1.54) is 17.7 Å². The van der Waals surface area contributed by atoms with Crippen molar-refractivity contribution in [2.75, 3.05) is 13.1 Å². The van der Waals surface area contributed by atoms with Crippen molar-refractivity contribution in [3.63, 3.8) is 0 Å². The maximum Gasteiger partial charge on any atom is 0.422 e. The molecule has 1 fully saturated rings. The number of amides is 2. The molecule has 44 heavy (non-hydrogen) atoms. The second-order valence-corrected chi connectivity index (χ2v) is 12.1. The minimum atomic E-state index is -4.47. The van der Waals surface area contributed by atoms with Crippen molar-refractivity contribution in [2.45, 2.75) is 38.9 Å². The Morgan fingerprint density at radius 3 is 2.18 bits per heavy atom. The summed E-state index contributed by atoms with van der Waals surface area (Å²) in [5.74, 6) is -0.330. The number of piperidine rings is 1. The molecule has 11 heteroatoms. The molecule has 2 heterocycles. The van der Waals surface area contributed by atoms with E-state index < -0.39 is 22.3 Å². The van der Waals surface area contributed by atoms with Gasteiger partial charge in [0.2, 0.25) is 5.91 Å². The molecule has 0 spiro atoms. The molecular formula is C33H33N3O7S. The van der Waals surface area contributed by atoms with Crippen LogP contribution >= 0.6 is 0 Å². The number of benzene rings is 3. The summed E-state index contributed by atoms with van der Waals surface area (Å²) < 4.78 is 38.5. The zero-order valence-corrected chi connectivity index (χ0v) is 25.0. The van der Waals surface area contributed by atoms with E-state index in [1.807, 2.05) is 29.2 Å². The van der Waals surface area contributed by atoms with Crippen molar-refractivity contribution in [1.82, 2.24) is 13.6 Å². The second-order valence-electron chi connectivity index (χ2n) is 10.5. The van der Waals surface area contributed by atoms with E-state index in [0.717, 1.165) is 48.8 Å². The molecule has 0 saturated carbocycles. The van der Waals surface area contributed by atoms with Crippen molar-refractivity contribution in [2.24, 2.45) is 0 Å². The average molecular weight is 616 g/mol. The van der Waals surface area contributed by atoms with Crippen LogP contribution < -0.4 is 4.72 Å². The zero-order chi connectivity index (χ0) is 31.1. The summed E-state index contributed by atoms with van der Waals surface area (Å²) in [5.41, 5.74) is 4.34. The molecule has 0 aliphatic carbocycles. The molecule has 1 aliphatic rings. The van der Waals surface area contributed by atoms with Gasteiger partial charge in [0.1, 0.15) is 18.9 Å². The Labute approximate surface area is 256 Å². The summed E-state index contributed by atoms with van der Waals surface area (Å²) in [6, 6.07) is 27.4. The summed E-state index contributed by atoms with van der Waals surface area (Å²) in [5, 5.41) is 0. The molecule has 0 unspecified atom stereocenters. The van der Waals surface area contributed by atoms with Gasteiger partial charge in [-0.25, -0.2) is 18.3 Å². The number of carbonyl (C=O) groups is 3. The maximum atomic E-state index is 12.9. The van der Waals surface area contributed by atoms with Crippen LogP contribution in [0.25, 0.3) is 11.1 Å². The van der Waals surface area contributed by atoms with Crippen LogP contribution in [0.5, 0.6) is 0 Å². The van der Waals surface area contributed by atoms with Crippen LogP contribution in [-0.4, -0.2) is 48.3 Å². The van der Waals surface area contributed by atoms with E-state index in [0.29, 0.717) is 15.5 Å². The van der Waals surface area contributed by atoms with Gasteiger partial charge in [-0.3, -0.25) is 4.79 Å². The highest BCUT2D eigenvalue weighted by molar-refractivity contribution is 7.88. The molecule has 3 aromatic carbocycles. The van der Waals surface area contributed by atoms with Crippen LogP contribution in [0.1, 0.15) is 52.9 Å². The number of likely N-dealkylation sites (tertiary alicyclic amines) is 1. The highest BCUT2D eigenvalue weighted by atomic mass is 32.2. The lowest BCUT2D eigenvalue weighted by atomic mass is 9.88. The third kappa shape index (κ3) is 7.54. The maximum absolute atomic E-state index is 12.9. The fraction of sp³-hybridized carbons (Fsp3) is 0.242. The third-order valence-electron chi connectivity index (χ3n) is 7.56. The number of hydrogen-bond acceptors (Lipinski definition) is 7. The van der Waals surface area contributed by atoms with Gasteiger partial charge in [0.15, 0.2) is 0 Å². The highest BCUT2D eigenvalue weighted by Gasteiger charge is 2.25. The Kier molecular flexibility index (Phi) is 9.44. The molecule has 1 aliphatic heterocycles. The first kappa shape index (κ1) is 30.6. The summed E-state index contributed by atoms with van der Waals surface area (Å²) in [6.45, 7) is 2.96. The first-order chi connectivity index (χ1) is 21.2. The summed E-state index contributed by atoms with van der Waals surface area (Å²) in [6.07, 6.45) is 1.85. The molecule has 0 radical (unpaired) electrons. The van der Waals surface area contributed by atoms with Gasteiger partial charge in [-0.05, 0) is 64.8 Å². The van der Waals surface area contributed by atoms with E-state index in [2.05, 4.69) is 24.3 Å². The summed E-state index contributed by atoms with van der Waals surface area (Å²) in [4.78, 5) is 38.5. The van der Waals surface area contributed by atoms with Gasteiger partial charge in [0, 0.05) is 26.2 Å². The molecule has 1 N–H and O–H groups in total. The number of nitrogens with zero attached hydrogens (tertiary/aromatic N) is 2. The van der Waals surface area contributed by atoms with Gasteiger partial charge in [0.25, 0.3) is 0 Å². The van der Waals surface area contributed by atoms with Crippen molar-refractivity contribution >= 4 is 28.2 Å². The highest BCUT2D eigenvalue weighted by Crippen LogP contribution is 2.30. The molecule has 10 nitrogen and oxygen atoms in total. The van der Waals surface area contributed by atoms with Crippen LogP contribution in [-0.2, 0) is 37.7 Å². The molecule has 2 amide bonds. The van der Waals surface area contributed by atoms with Crippen LogP contribution in [0.2, 0.25) is 0 Å². The first-order valence-corrected chi connectivity index (χ1v) is 15.7. The first-order valence-electron chi connectivity index (χ1n) is 14.2. The van der Waals surface area contributed by atoms with Crippen molar-refractivity contribution in [1.29, 1.82) is 0 Å². The monoisotopic (exact) mass is 615 g/mol. The molecule has 4 aromatic rings. The minimum absolute atomic E-state index is 0.0861. The number of esters is 1. The SMILES string of the molecule is CC(=O)N1CCC(c2ccc(-c3cccc(COC(=O)c4cccn4S(=O)(=O)NC(=O)OCc4ccccc4)c3)cc2)CC1. The van der Waals surface area contributed by atoms with Gasteiger partial charge in [-0.2, -0.15) is 8.42 Å². The van der Waals surface area contributed by atoms with Gasteiger partial charge < -0.3 is 14.4 Å². The Morgan fingerprint density at radius 1 is 0.795 bits per heavy atom.